The molecule has 6 nitrogen and oxygen atoms in total. The summed E-state index contributed by atoms with van der Waals surface area (Å²) in [5, 5.41) is 16.9. The Hall–Kier alpha value is -2.33. The van der Waals surface area contributed by atoms with Gasteiger partial charge in [-0.3, -0.25) is 9.69 Å². The summed E-state index contributed by atoms with van der Waals surface area (Å²) in [6, 6.07) is 6.01. The lowest BCUT2D eigenvalue weighted by atomic mass is 9.53. The Bertz CT molecular complexity index is 918. The van der Waals surface area contributed by atoms with Crippen molar-refractivity contribution in [1.29, 1.82) is 5.26 Å². The van der Waals surface area contributed by atoms with E-state index in [0.29, 0.717) is 17.3 Å². The summed E-state index contributed by atoms with van der Waals surface area (Å²) in [7, 11) is 1.62. The molecule has 4 saturated carbocycles. The van der Waals surface area contributed by atoms with E-state index in [1.54, 1.807) is 12.0 Å². The van der Waals surface area contributed by atoms with E-state index in [-0.39, 0.29) is 18.0 Å². The summed E-state index contributed by atoms with van der Waals surface area (Å²) in [6.07, 6.45) is 9.90. The molecule has 0 spiro atoms. The number of hydrogen-bond donors (Lipinski definition) is 2. The number of nitrogens with zero attached hydrogens (tertiary/aromatic N) is 2. The van der Waals surface area contributed by atoms with Crippen molar-refractivity contribution in [3.63, 3.8) is 0 Å². The van der Waals surface area contributed by atoms with Gasteiger partial charge in [-0.25, -0.2) is 0 Å². The molecule has 5 aliphatic rings. The molecule has 4 fully saturated rings. The van der Waals surface area contributed by atoms with Crippen LogP contribution in [0.15, 0.2) is 12.1 Å². The Balaban J connectivity index is 1.37. The standard InChI is InChI=1S/C24H30N4O2S/c1-30-21-11-20-18(3-2-4-22(29)28(20)6-5-25)10-19(21)26-23(31)27-24-12-15-7-16(13-24)9-17(8-15)14-24/h10-11,15-17H,2-4,6-9,12-14H2,1H3,(H2,26,27,31). The van der Waals surface area contributed by atoms with Crippen molar-refractivity contribution in [3.05, 3.63) is 17.7 Å². The number of rotatable bonds is 4. The van der Waals surface area contributed by atoms with Gasteiger partial charge in [0, 0.05) is 18.0 Å². The SMILES string of the molecule is COc1cc2c(cc1NC(=S)NC13CC4CC(CC(C4)C1)C3)CCCC(=O)N2CC#N. The first-order chi connectivity index (χ1) is 15.0. The number of amides is 1. The monoisotopic (exact) mass is 438 g/mol. The van der Waals surface area contributed by atoms with Crippen LogP contribution in [0.5, 0.6) is 5.75 Å². The molecule has 1 heterocycles. The minimum absolute atomic E-state index is 0.0120. The first kappa shape index (κ1) is 20.6. The first-order valence-electron chi connectivity index (χ1n) is 11.5. The maximum Gasteiger partial charge on any atom is 0.227 e. The summed E-state index contributed by atoms with van der Waals surface area (Å²) in [5.74, 6) is 3.18. The summed E-state index contributed by atoms with van der Waals surface area (Å²) in [6.45, 7) is 0.0494. The van der Waals surface area contributed by atoms with E-state index in [9.17, 15) is 10.1 Å². The van der Waals surface area contributed by atoms with Crippen LogP contribution in [0.25, 0.3) is 0 Å². The molecule has 4 bridgehead atoms. The van der Waals surface area contributed by atoms with E-state index in [4.69, 9.17) is 17.0 Å². The molecular weight excluding hydrogens is 408 g/mol. The predicted octanol–water partition coefficient (Wildman–Crippen LogP) is 4.14. The molecule has 0 atom stereocenters. The maximum atomic E-state index is 12.5. The van der Waals surface area contributed by atoms with E-state index in [1.165, 1.54) is 38.5 Å². The van der Waals surface area contributed by atoms with Crippen LogP contribution in [0.4, 0.5) is 11.4 Å². The molecular formula is C24H30N4O2S. The minimum Gasteiger partial charge on any atom is -0.494 e. The normalized spacial score (nSPS) is 30.9. The topological polar surface area (TPSA) is 77.4 Å². The molecule has 0 aromatic heterocycles. The zero-order valence-corrected chi connectivity index (χ0v) is 18.9. The van der Waals surface area contributed by atoms with Crippen molar-refractivity contribution >= 4 is 34.6 Å². The molecule has 1 aliphatic heterocycles. The summed E-state index contributed by atoms with van der Waals surface area (Å²) in [5.41, 5.74) is 2.77. The Morgan fingerprint density at radius 1 is 1.23 bits per heavy atom. The second-order valence-electron chi connectivity index (χ2n) is 9.95. The number of carbonyl (C=O) groups is 1. The molecule has 31 heavy (non-hydrogen) atoms. The lowest BCUT2D eigenvalue weighted by Crippen LogP contribution is -2.60. The number of fused-ring (bicyclic) bond motifs is 1. The van der Waals surface area contributed by atoms with E-state index >= 15 is 0 Å². The van der Waals surface area contributed by atoms with Gasteiger partial charge in [0.15, 0.2) is 5.11 Å². The van der Waals surface area contributed by atoms with E-state index < -0.39 is 0 Å². The van der Waals surface area contributed by atoms with Gasteiger partial charge in [-0.2, -0.15) is 5.26 Å². The quantitative estimate of drug-likeness (QED) is 0.543. The molecule has 7 heteroatoms. The van der Waals surface area contributed by atoms with Crippen LogP contribution in [0.2, 0.25) is 0 Å². The van der Waals surface area contributed by atoms with Gasteiger partial charge in [-0.15, -0.1) is 0 Å². The maximum absolute atomic E-state index is 12.5. The van der Waals surface area contributed by atoms with Gasteiger partial charge < -0.3 is 15.4 Å². The lowest BCUT2D eigenvalue weighted by molar-refractivity contribution is -0.118. The van der Waals surface area contributed by atoms with Gasteiger partial charge >= 0.3 is 0 Å². The largest absolute Gasteiger partial charge is 0.494 e. The second kappa shape index (κ2) is 7.98. The lowest BCUT2D eigenvalue weighted by Gasteiger charge is -2.57. The highest BCUT2D eigenvalue weighted by Crippen LogP contribution is 2.55. The fourth-order valence-electron chi connectivity index (χ4n) is 6.93. The number of ether oxygens (including phenoxy) is 1. The Morgan fingerprint density at radius 2 is 1.90 bits per heavy atom. The fraction of sp³-hybridized carbons (Fsp3) is 0.625. The van der Waals surface area contributed by atoms with Gasteiger partial charge in [0.2, 0.25) is 5.91 Å². The molecule has 164 valence electrons. The molecule has 0 saturated heterocycles. The highest BCUT2D eigenvalue weighted by molar-refractivity contribution is 7.80. The average Bonchev–Trinajstić information content (AvgIpc) is 2.84. The van der Waals surface area contributed by atoms with Crippen LogP contribution >= 0.6 is 12.2 Å². The minimum atomic E-state index is -0.0120. The number of anilines is 2. The van der Waals surface area contributed by atoms with Crippen LogP contribution in [-0.2, 0) is 11.2 Å². The highest BCUT2D eigenvalue weighted by atomic mass is 32.1. The Labute approximate surface area is 189 Å². The molecule has 6 rings (SSSR count). The summed E-state index contributed by atoms with van der Waals surface area (Å²) in [4.78, 5) is 14.0. The van der Waals surface area contributed by atoms with Crippen LogP contribution in [0.1, 0.15) is 56.9 Å². The van der Waals surface area contributed by atoms with Crippen LogP contribution in [0, 0.1) is 29.1 Å². The number of aryl methyl sites for hydroxylation is 1. The molecule has 1 amide bonds. The van der Waals surface area contributed by atoms with Crippen molar-refractivity contribution in [2.24, 2.45) is 17.8 Å². The molecule has 4 aliphatic carbocycles. The number of thiocarbonyl (C=S) groups is 1. The predicted molar refractivity (Wildman–Crippen MR) is 124 cm³/mol. The van der Waals surface area contributed by atoms with E-state index in [2.05, 4.69) is 16.7 Å². The Kier molecular flexibility index (Phi) is 5.29. The number of nitriles is 1. The molecule has 0 unspecified atom stereocenters. The molecule has 0 radical (unpaired) electrons. The number of benzene rings is 1. The third-order valence-electron chi connectivity index (χ3n) is 7.72. The number of nitrogens with one attached hydrogen (secondary N) is 2. The number of methoxy groups -OCH3 is 1. The summed E-state index contributed by atoms with van der Waals surface area (Å²) < 4.78 is 5.64. The third-order valence-corrected chi connectivity index (χ3v) is 7.93. The zero-order valence-electron chi connectivity index (χ0n) is 18.1. The Morgan fingerprint density at radius 3 is 2.52 bits per heavy atom. The zero-order chi connectivity index (χ0) is 21.6. The van der Waals surface area contributed by atoms with Crippen LogP contribution < -0.4 is 20.3 Å². The van der Waals surface area contributed by atoms with Gasteiger partial charge in [0.25, 0.3) is 0 Å². The van der Waals surface area contributed by atoms with Crippen molar-refractivity contribution in [3.8, 4) is 11.8 Å². The van der Waals surface area contributed by atoms with Gasteiger partial charge in [-0.05, 0) is 93.0 Å². The first-order valence-corrected chi connectivity index (χ1v) is 11.9. The molecule has 2 N–H and O–H groups in total. The van der Waals surface area contributed by atoms with Crippen LogP contribution in [-0.4, -0.2) is 30.2 Å². The number of carbonyl (C=O) groups excluding carboxylic acids is 1. The van der Waals surface area contributed by atoms with Gasteiger partial charge in [0.05, 0.1) is 24.6 Å². The van der Waals surface area contributed by atoms with Crippen LogP contribution in [0.3, 0.4) is 0 Å². The number of hydrogen-bond acceptors (Lipinski definition) is 4. The van der Waals surface area contributed by atoms with Crippen molar-refractivity contribution in [1.82, 2.24) is 5.32 Å². The highest BCUT2D eigenvalue weighted by Gasteiger charge is 2.51. The van der Waals surface area contributed by atoms with E-state index in [1.807, 2.05) is 12.1 Å². The van der Waals surface area contributed by atoms with Gasteiger partial charge in [0.1, 0.15) is 12.3 Å². The molecule has 1 aromatic carbocycles. The average molecular weight is 439 g/mol. The summed E-state index contributed by atoms with van der Waals surface area (Å²) >= 11 is 5.76. The van der Waals surface area contributed by atoms with E-state index in [0.717, 1.165) is 47.5 Å². The third kappa shape index (κ3) is 3.87. The van der Waals surface area contributed by atoms with Gasteiger partial charge in [-0.1, -0.05) is 0 Å². The van der Waals surface area contributed by atoms with Crippen molar-refractivity contribution in [2.75, 3.05) is 23.9 Å². The van der Waals surface area contributed by atoms with Crippen molar-refractivity contribution < 1.29 is 9.53 Å². The fourth-order valence-corrected chi connectivity index (χ4v) is 7.26. The second-order valence-corrected chi connectivity index (χ2v) is 10.4. The smallest absolute Gasteiger partial charge is 0.227 e. The van der Waals surface area contributed by atoms with Crippen molar-refractivity contribution in [2.45, 2.75) is 63.3 Å². The molecule has 1 aromatic rings.